The Morgan fingerprint density at radius 3 is 2.33 bits per heavy atom. The van der Waals surface area contributed by atoms with E-state index in [1.807, 2.05) is 0 Å². The Hall–Kier alpha value is 0.310. The molecule has 0 radical (unpaired) electrons. The van der Waals surface area contributed by atoms with Crippen molar-refractivity contribution in [3.63, 3.8) is 0 Å². The van der Waals surface area contributed by atoms with Crippen LogP contribution in [0.15, 0.2) is 0 Å². The maximum Gasteiger partial charge on any atom is 0.0239 e. The van der Waals surface area contributed by atoms with Gasteiger partial charge in [-0.1, -0.05) is 0 Å². The Kier molecular flexibility index (Phi) is 0.428. The van der Waals surface area contributed by atoms with E-state index in [-0.39, 0.29) is 0 Å². The second-order valence-electron chi connectivity index (χ2n) is 2.09. The molecule has 0 aromatic rings. The summed E-state index contributed by atoms with van der Waals surface area (Å²) in [6, 6.07) is 0.813. The Labute approximate surface area is 42.5 Å². The summed E-state index contributed by atoms with van der Waals surface area (Å²) in [5, 5.41) is 3.97. The van der Waals surface area contributed by atoms with E-state index >= 15 is 0 Å². The fourth-order valence-corrected chi connectivity index (χ4v) is 1.51. The lowest BCUT2D eigenvalue weighted by molar-refractivity contribution is 0.506. The highest BCUT2D eigenvalue weighted by molar-refractivity contribution is 7.81. The van der Waals surface area contributed by atoms with E-state index in [1.54, 1.807) is 0 Å². The first-order chi connectivity index (χ1) is 2.89. The molecular formula is C4H7NS. The number of rotatable bonds is 0. The van der Waals surface area contributed by atoms with Gasteiger partial charge >= 0.3 is 0 Å². The van der Waals surface area contributed by atoms with E-state index in [4.69, 9.17) is 0 Å². The van der Waals surface area contributed by atoms with E-state index in [9.17, 15) is 0 Å². The number of hydrogen-bond acceptors (Lipinski definition) is 2. The number of hydrogen-bond donors (Lipinski definition) is 2. The van der Waals surface area contributed by atoms with Crippen LogP contribution < -0.4 is 5.32 Å². The van der Waals surface area contributed by atoms with Gasteiger partial charge in [-0.25, -0.2) is 0 Å². The maximum absolute atomic E-state index is 4.27. The van der Waals surface area contributed by atoms with Gasteiger partial charge in [0.05, 0.1) is 0 Å². The third-order valence-electron chi connectivity index (χ3n) is 1.72. The van der Waals surface area contributed by atoms with Gasteiger partial charge in [0, 0.05) is 23.8 Å². The second kappa shape index (κ2) is 0.771. The molecule has 0 aromatic heterocycles. The van der Waals surface area contributed by atoms with E-state index in [0.717, 1.165) is 12.0 Å². The zero-order valence-electron chi connectivity index (χ0n) is 3.39. The Morgan fingerprint density at radius 1 is 1.67 bits per heavy atom. The van der Waals surface area contributed by atoms with Crippen LogP contribution in [0.25, 0.3) is 0 Å². The largest absolute Gasteiger partial charge is 0.312 e. The first-order valence-electron chi connectivity index (χ1n) is 2.31. The fourth-order valence-electron chi connectivity index (χ4n) is 0.987. The van der Waals surface area contributed by atoms with Crippen LogP contribution in [0.5, 0.6) is 0 Å². The normalized spacial score (nSPS) is 62.5. The summed E-state index contributed by atoms with van der Waals surface area (Å²) in [5.41, 5.74) is 0. The Morgan fingerprint density at radius 2 is 2.33 bits per heavy atom. The topological polar surface area (TPSA) is 12.0 Å². The molecule has 1 nitrogen and oxygen atoms in total. The van der Waals surface area contributed by atoms with Crippen molar-refractivity contribution in [3.05, 3.63) is 0 Å². The van der Waals surface area contributed by atoms with Gasteiger partial charge in [0.1, 0.15) is 0 Å². The lowest BCUT2D eigenvalue weighted by Crippen LogP contribution is -2.32. The van der Waals surface area contributed by atoms with Crippen LogP contribution in [0.2, 0.25) is 0 Å². The molecule has 0 spiro atoms. The monoisotopic (exact) mass is 101 g/mol. The van der Waals surface area contributed by atoms with Crippen LogP contribution in [0.4, 0.5) is 0 Å². The van der Waals surface area contributed by atoms with Crippen molar-refractivity contribution in [1.82, 2.24) is 5.32 Å². The van der Waals surface area contributed by atoms with Gasteiger partial charge in [-0.2, -0.15) is 12.6 Å². The van der Waals surface area contributed by atoms with Crippen molar-refractivity contribution >= 4 is 12.6 Å². The molecule has 1 aliphatic carbocycles. The SMILES string of the molecule is S[C@@H]1C2CN[C@H]21. The minimum Gasteiger partial charge on any atom is -0.312 e. The zero-order chi connectivity index (χ0) is 4.15. The summed E-state index contributed by atoms with van der Waals surface area (Å²) >= 11 is 4.27. The highest BCUT2D eigenvalue weighted by Gasteiger charge is 2.54. The van der Waals surface area contributed by atoms with E-state index < -0.39 is 0 Å². The average Bonchev–Trinajstić information content (AvgIpc) is 1.63. The summed E-state index contributed by atoms with van der Waals surface area (Å²) in [6.45, 7) is 1.22. The van der Waals surface area contributed by atoms with Crippen LogP contribution in [-0.2, 0) is 0 Å². The molecule has 1 unspecified atom stereocenters. The van der Waals surface area contributed by atoms with Gasteiger partial charge in [0.2, 0.25) is 0 Å². The summed E-state index contributed by atoms with van der Waals surface area (Å²) in [4.78, 5) is 0. The van der Waals surface area contributed by atoms with Crippen molar-refractivity contribution in [2.75, 3.05) is 6.54 Å². The lowest BCUT2D eigenvalue weighted by Gasteiger charge is -2.08. The molecule has 0 amide bonds. The van der Waals surface area contributed by atoms with Crippen LogP contribution in [0, 0.1) is 5.92 Å². The molecule has 34 valence electrons. The molecule has 1 aliphatic heterocycles. The Balaban J connectivity index is 2.11. The third-order valence-corrected chi connectivity index (χ3v) is 2.42. The second-order valence-corrected chi connectivity index (χ2v) is 2.68. The summed E-state index contributed by atoms with van der Waals surface area (Å²) in [7, 11) is 0. The zero-order valence-corrected chi connectivity index (χ0v) is 4.28. The highest BCUT2D eigenvalue weighted by atomic mass is 32.1. The van der Waals surface area contributed by atoms with Crippen LogP contribution in [0.3, 0.4) is 0 Å². The van der Waals surface area contributed by atoms with Crippen molar-refractivity contribution in [2.24, 2.45) is 5.92 Å². The molecule has 1 saturated carbocycles. The third kappa shape index (κ3) is 0.201. The van der Waals surface area contributed by atoms with Gasteiger partial charge in [-0.05, 0) is 0 Å². The van der Waals surface area contributed by atoms with E-state index in [2.05, 4.69) is 17.9 Å². The quantitative estimate of drug-likeness (QED) is 0.406. The molecule has 6 heavy (non-hydrogen) atoms. The molecule has 1 N–H and O–H groups in total. The molecule has 2 heteroatoms. The molecule has 1 saturated heterocycles. The van der Waals surface area contributed by atoms with Crippen molar-refractivity contribution in [1.29, 1.82) is 0 Å². The standard InChI is InChI=1S/C4H7NS/c6-4-2-1-5-3(2)4/h2-6H,1H2/t2?,3-,4-/m1/s1. The van der Waals surface area contributed by atoms with Gasteiger partial charge < -0.3 is 5.32 Å². The van der Waals surface area contributed by atoms with Crippen LogP contribution >= 0.6 is 12.6 Å². The van der Waals surface area contributed by atoms with E-state index in [1.165, 1.54) is 6.54 Å². The smallest absolute Gasteiger partial charge is 0.0239 e. The van der Waals surface area contributed by atoms with Gasteiger partial charge in [0.25, 0.3) is 0 Å². The van der Waals surface area contributed by atoms with E-state index in [0.29, 0.717) is 5.25 Å². The Bertz CT molecular complexity index is 66.9. The molecule has 2 aliphatic rings. The maximum atomic E-state index is 4.27. The lowest BCUT2D eigenvalue weighted by atomic mass is 10.3. The average molecular weight is 101 g/mol. The first kappa shape index (κ1) is 3.33. The van der Waals surface area contributed by atoms with Crippen molar-refractivity contribution in [2.45, 2.75) is 11.3 Å². The molecule has 0 aromatic carbocycles. The fraction of sp³-hybridized carbons (Fsp3) is 1.00. The molecule has 1 heterocycles. The summed E-state index contributed by atoms with van der Waals surface area (Å²) in [6.07, 6.45) is 0. The summed E-state index contributed by atoms with van der Waals surface area (Å²) in [5.74, 6) is 0.952. The van der Waals surface area contributed by atoms with Gasteiger partial charge in [-0.3, -0.25) is 0 Å². The predicted molar refractivity (Wildman–Crippen MR) is 28.1 cm³/mol. The number of nitrogens with one attached hydrogen (secondary N) is 1. The predicted octanol–water partition coefficient (Wildman–Crippen LogP) is -0.114. The first-order valence-corrected chi connectivity index (χ1v) is 2.83. The van der Waals surface area contributed by atoms with Gasteiger partial charge in [-0.15, -0.1) is 0 Å². The highest BCUT2D eigenvalue weighted by Crippen LogP contribution is 2.42. The van der Waals surface area contributed by atoms with Crippen LogP contribution in [0.1, 0.15) is 0 Å². The molecule has 2 fully saturated rings. The van der Waals surface area contributed by atoms with Crippen LogP contribution in [-0.4, -0.2) is 17.8 Å². The van der Waals surface area contributed by atoms with Crippen molar-refractivity contribution < 1.29 is 0 Å². The molecule has 3 atom stereocenters. The molecule has 0 bridgehead atoms. The number of thiol groups is 1. The number of fused-ring (bicyclic) bond motifs is 1. The van der Waals surface area contributed by atoms with Crippen molar-refractivity contribution in [3.8, 4) is 0 Å². The molecule has 2 rings (SSSR count). The minimum atomic E-state index is 0.713. The molecular weight excluding hydrogens is 94.1 g/mol. The minimum absolute atomic E-state index is 0.713. The van der Waals surface area contributed by atoms with Gasteiger partial charge in [0.15, 0.2) is 0 Å². The summed E-state index contributed by atoms with van der Waals surface area (Å²) < 4.78 is 0.